The molecule has 1 N–H and O–H groups in total. The Kier molecular flexibility index (Phi) is 2.13. The first-order chi connectivity index (χ1) is 4.79. The number of halogens is 1. The molecule has 6 heteroatoms. The van der Waals surface area contributed by atoms with Crippen LogP contribution in [0.2, 0.25) is 0 Å². The standard InChI is InChI=1S/C4H5BrN4O/c5-1-2-3(8-9-6)4(10)7-2/h2-3H,1H2,(H,7,10)/t2-,3+/m0/s1. The van der Waals surface area contributed by atoms with E-state index in [-0.39, 0.29) is 11.9 Å². The predicted molar refractivity (Wildman–Crippen MR) is 38.7 cm³/mol. The van der Waals surface area contributed by atoms with E-state index < -0.39 is 6.04 Å². The van der Waals surface area contributed by atoms with Gasteiger partial charge in [-0.05, 0) is 5.53 Å². The lowest BCUT2D eigenvalue weighted by Crippen LogP contribution is -2.62. The van der Waals surface area contributed by atoms with Gasteiger partial charge in [-0.1, -0.05) is 21.0 Å². The van der Waals surface area contributed by atoms with E-state index in [2.05, 4.69) is 31.3 Å². The number of carbonyl (C=O) groups is 1. The summed E-state index contributed by atoms with van der Waals surface area (Å²) < 4.78 is 0. The van der Waals surface area contributed by atoms with E-state index >= 15 is 0 Å². The van der Waals surface area contributed by atoms with Crippen molar-refractivity contribution < 1.29 is 4.79 Å². The summed E-state index contributed by atoms with van der Waals surface area (Å²) in [5.74, 6) is -0.192. The van der Waals surface area contributed by atoms with Crippen molar-refractivity contribution in [2.24, 2.45) is 5.11 Å². The zero-order valence-corrected chi connectivity index (χ0v) is 6.58. The molecule has 1 rings (SSSR count). The quantitative estimate of drug-likeness (QED) is 0.231. The van der Waals surface area contributed by atoms with Crippen LogP contribution in [0.5, 0.6) is 0 Å². The molecule has 1 aliphatic heterocycles. The highest BCUT2D eigenvalue weighted by Gasteiger charge is 2.37. The number of azide groups is 1. The van der Waals surface area contributed by atoms with E-state index in [1.807, 2.05) is 0 Å². The number of nitrogens with zero attached hydrogens (tertiary/aromatic N) is 3. The maximum atomic E-state index is 10.6. The largest absolute Gasteiger partial charge is 0.351 e. The average Bonchev–Trinajstić information content (AvgIpc) is 1.95. The molecule has 0 radical (unpaired) electrons. The molecule has 0 aromatic rings. The lowest BCUT2D eigenvalue weighted by molar-refractivity contribution is -0.129. The van der Waals surface area contributed by atoms with Crippen molar-refractivity contribution in [2.75, 3.05) is 5.33 Å². The van der Waals surface area contributed by atoms with Gasteiger partial charge in [0.05, 0.1) is 6.04 Å². The third-order valence-electron chi connectivity index (χ3n) is 1.32. The second-order valence-electron chi connectivity index (χ2n) is 1.92. The lowest BCUT2D eigenvalue weighted by Gasteiger charge is -2.31. The summed E-state index contributed by atoms with van der Waals surface area (Å²) in [6.45, 7) is 0. The molecule has 54 valence electrons. The molecule has 0 aromatic heterocycles. The van der Waals surface area contributed by atoms with Gasteiger partial charge >= 0.3 is 0 Å². The zero-order chi connectivity index (χ0) is 7.56. The van der Waals surface area contributed by atoms with Gasteiger partial charge in [0.1, 0.15) is 6.04 Å². The van der Waals surface area contributed by atoms with Gasteiger partial charge in [0.2, 0.25) is 5.91 Å². The first kappa shape index (κ1) is 7.37. The Morgan fingerprint density at radius 2 is 2.60 bits per heavy atom. The number of alkyl halides is 1. The van der Waals surface area contributed by atoms with Crippen LogP contribution in [0.3, 0.4) is 0 Å². The van der Waals surface area contributed by atoms with E-state index in [1.165, 1.54) is 0 Å². The predicted octanol–water partition coefficient (Wildman–Crippen LogP) is 0.559. The second-order valence-corrected chi connectivity index (χ2v) is 2.57. The number of rotatable bonds is 2. The van der Waals surface area contributed by atoms with Crippen LogP contribution in [0.25, 0.3) is 10.4 Å². The summed E-state index contributed by atoms with van der Waals surface area (Å²) in [5.41, 5.74) is 8.00. The Morgan fingerprint density at radius 1 is 1.90 bits per heavy atom. The minimum Gasteiger partial charge on any atom is -0.351 e. The van der Waals surface area contributed by atoms with Gasteiger partial charge in [0.15, 0.2) is 0 Å². The van der Waals surface area contributed by atoms with Crippen molar-refractivity contribution >= 4 is 21.8 Å². The fourth-order valence-corrected chi connectivity index (χ4v) is 1.26. The van der Waals surface area contributed by atoms with Crippen LogP contribution in [-0.2, 0) is 4.79 Å². The summed E-state index contributed by atoms with van der Waals surface area (Å²) in [7, 11) is 0. The summed E-state index contributed by atoms with van der Waals surface area (Å²) in [5, 5.41) is 6.51. The van der Waals surface area contributed by atoms with Crippen LogP contribution >= 0.6 is 15.9 Å². The Labute approximate surface area is 65.5 Å². The first-order valence-corrected chi connectivity index (χ1v) is 3.82. The van der Waals surface area contributed by atoms with E-state index in [1.54, 1.807) is 0 Å². The molecule has 1 saturated heterocycles. The molecule has 0 unspecified atom stereocenters. The minimum absolute atomic E-state index is 0.0246. The van der Waals surface area contributed by atoms with E-state index in [0.717, 1.165) is 0 Å². The van der Waals surface area contributed by atoms with Crippen molar-refractivity contribution in [3.63, 3.8) is 0 Å². The van der Waals surface area contributed by atoms with Gasteiger partial charge in [-0.3, -0.25) is 4.79 Å². The van der Waals surface area contributed by atoms with Gasteiger partial charge < -0.3 is 5.32 Å². The number of β-lactam (4-membered cyclic amide) rings is 1. The zero-order valence-electron chi connectivity index (χ0n) is 4.99. The molecule has 0 saturated carbocycles. The van der Waals surface area contributed by atoms with Crippen molar-refractivity contribution in [1.82, 2.24) is 5.32 Å². The van der Waals surface area contributed by atoms with E-state index in [0.29, 0.717) is 5.33 Å². The Balaban J connectivity index is 2.55. The summed E-state index contributed by atoms with van der Waals surface area (Å²) >= 11 is 3.17. The third-order valence-corrected chi connectivity index (χ3v) is 2.02. The third kappa shape index (κ3) is 1.08. The number of amides is 1. The molecule has 1 fully saturated rings. The van der Waals surface area contributed by atoms with Gasteiger partial charge in [-0.15, -0.1) is 0 Å². The monoisotopic (exact) mass is 204 g/mol. The number of hydrogen-bond donors (Lipinski definition) is 1. The Hall–Kier alpha value is -0.740. The molecule has 1 amide bonds. The normalized spacial score (nSPS) is 29.9. The highest BCUT2D eigenvalue weighted by Crippen LogP contribution is 2.12. The van der Waals surface area contributed by atoms with Crippen LogP contribution in [0.1, 0.15) is 0 Å². The van der Waals surface area contributed by atoms with Crippen molar-refractivity contribution in [1.29, 1.82) is 0 Å². The smallest absolute Gasteiger partial charge is 0.231 e. The van der Waals surface area contributed by atoms with Crippen LogP contribution in [0.4, 0.5) is 0 Å². The SMILES string of the molecule is [N-]=[N+]=N[C@H]1C(=O)N[C@H]1CBr. The minimum atomic E-state index is -0.510. The lowest BCUT2D eigenvalue weighted by atomic mass is 10.0. The summed E-state index contributed by atoms with van der Waals surface area (Å²) in [6.07, 6.45) is 0. The Bertz CT molecular complexity index is 197. The van der Waals surface area contributed by atoms with E-state index in [9.17, 15) is 4.79 Å². The van der Waals surface area contributed by atoms with Gasteiger partial charge in [0, 0.05) is 10.2 Å². The van der Waals surface area contributed by atoms with Crippen molar-refractivity contribution in [2.45, 2.75) is 12.1 Å². The maximum absolute atomic E-state index is 10.6. The fraction of sp³-hybridized carbons (Fsp3) is 0.750. The highest BCUT2D eigenvalue weighted by molar-refractivity contribution is 9.09. The molecule has 0 spiro atoms. The molecule has 1 aliphatic rings. The Morgan fingerprint density at radius 3 is 3.00 bits per heavy atom. The molecular weight excluding hydrogens is 200 g/mol. The van der Waals surface area contributed by atoms with Gasteiger partial charge in [-0.2, -0.15) is 0 Å². The second kappa shape index (κ2) is 2.90. The topological polar surface area (TPSA) is 77.9 Å². The maximum Gasteiger partial charge on any atom is 0.231 e. The molecule has 0 bridgehead atoms. The van der Waals surface area contributed by atoms with Gasteiger partial charge in [-0.25, -0.2) is 0 Å². The van der Waals surface area contributed by atoms with Gasteiger partial charge in [0.25, 0.3) is 0 Å². The number of hydrogen-bond acceptors (Lipinski definition) is 2. The van der Waals surface area contributed by atoms with Crippen LogP contribution in [0.15, 0.2) is 5.11 Å². The van der Waals surface area contributed by atoms with E-state index in [4.69, 9.17) is 5.53 Å². The number of carbonyl (C=O) groups excluding carboxylic acids is 1. The first-order valence-electron chi connectivity index (χ1n) is 2.70. The van der Waals surface area contributed by atoms with Crippen molar-refractivity contribution in [3.05, 3.63) is 10.4 Å². The fourth-order valence-electron chi connectivity index (χ4n) is 0.745. The van der Waals surface area contributed by atoms with Crippen LogP contribution < -0.4 is 5.32 Å². The molecule has 0 aliphatic carbocycles. The molecular formula is C4H5BrN4O. The molecule has 1 heterocycles. The summed E-state index contributed by atoms with van der Waals surface area (Å²) in [4.78, 5) is 13.1. The molecule has 10 heavy (non-hydrogen) atoms. The average molecular weight is 205 g/mol. The van der Waals surface area contributed by atoms with Crippen LogP contribution in [0, 0.1) is 0 Å². The highest BCUT2D eigenvalue weighted by atomic mass is 79.9. The van der Waals surface area contributed by atoms with Crippen molar-refractivity contribution in [3.8, 4) is 0 Å². The number of nitrogens with one attached hydrogen (secondary N) is 1. The van der Waals surface area contributed by atoms with Crippen LogP contribution in [-0.4, -0.2) is 23.3 Å². The molecule has 5 nitrogen and oxygen atoms in total. The molecule has 0 aromatic carbocycles. The molecule has 2 atom stereocenters. The summed E-state index contributed by atoms with van der Waals surface area (Å²) in [6, 6.07) is -0.534.